The van der Waals surface area contributed by atoms with Gasteiger partial charge in [0.05, 0.1) is 12.7 Å². The molecular weight excluding hydrogens is 176 g/mol. The summed E-state index contributed by atoms with van der Waals surface area (Å²) < 4.78 is 10.2. The number of hydrogen-bond donors (Lipinski definition) is 3. The first-order chi connectivity index (χ1) is 6.11. The molecule has 1 saturated heterocycles. The molecule has 5 unspecified atom stereocenters. The normalized spacial score (nSPS) is 46.4. The third kappa shape index (κ3) is 2.00. The Bertz CT molecular complexity index is 161. The molecule has 1 rings (SSSR count). The van der Waals surface area contributed by atoms with Gasteiger partial charge >= 0.3 is 0 Å². The molecule has 0 spiro atoms. The zero-order chi connectivity index (χ0) is 10.0. The van der Waals surface area contributed by atoms with Gasteiger partial charge in [-0.25, -0.2) is 0 Å². The van der Waals surface area contributed by atoms with Gasteiger partial charge in [-0.2, -0.15) is 0 Å². The van der Waals surface area contributed by atoms with Crippen LogP contribution in [0.3, 0.4) is 0 Å². The molecule has 0 radical (unpaired) electrons. The summed E-state index contributed by atoms with van der Waals surface area (Å²) in [4.78, 5) is 0. The summed E-state index contributed by atoms with van der Waals surface area (Å²) in [5.41, 5.74) is 0. The fourth-order valence-electron chi connectivity index (χ4n) is 1.56. The van der Waals surface area contributed by atoms with Gasteiger partial charge < -0.3 is 24.8 Å². The first-order valence-corrected chi connectivity index (χ1v) is 4.27. The van der Waals surface area contributed by atoms with Crippen LogP contribution in [0.15, 0.2) is 0 Å². The Morgan fingerprint density at radius 3 is 2.38 bits per heavy atom. The van der Waals surface area contributed by atoms with Gasteiger partial charge in [-0.1, -0.05) is 0 Å². The summed E-state index contributed by atoms with van der Waals surface area (Å²) in [7, 11) is 1.41. The third-order valence-electron chi connectivity index (χ3n) is 2.38. The maximum absolute atomic E-state index is 9.54. The molecule has 78 valence electrons. The lowest BCUT2D eigenvalue weighted by Crippen LogP contribution is -2.58. The Hall–Kier alpha value is -0.200. The van der Waals surface area contributed by atoms with Crippen LogP contribution in [0.5, 0.6) is 0 Å². The molecule has 0 aromatic heterocycles. The van der Waals surface area contributed by atoms with E-state index in [-0.39, 0.29) is 6.61 Å². The summed E-state index contributed by atoms with van der Waals surface area (Å²) in [6.45, 7) is 1.41. The highest BCUT2D eigenvalue weighted by Crippen LogP contribution is 2.22. The number of rotatable bonds is 2. The van der Waals surface area contributed by atoms with E-state index in [2.05, 4.69) is 0 Å². The predicted molar refractivity (Wildman–Crippen MR) is 44.2 cm³/mol. The van der Waals surface area contributed by atoms with Gasteiger partial charge in [0.1, 0.15) is 24.4 Å². The number of aliphatic hydroxyl groups excluding tert-OH is 3. The van der Waals surface area contributed by atoms with Crippen molar-refractivity contribution in [3.63, 3.8) is 0 Å². The Morgan fingerprint density at radius 2 is 1.92 bits per heavy atom. The quantitative estimate of drug-likeness (QED) is 0.496. The molecule has 13 heavy (non-hydrogen) atoms. The van der Waals surface area contributed by atoms with Crippen LogP contribution in [0, 0.1) is 0 Å². The Kier molecular flexibility index (Phi) is 3.63. The van der Waals surface area contributed by atoms with E-state index in [9.17, 15) is 10.2 Å². The van der Waals surface area contributed by atoms with Crippen LogP contribution in [0.1, 0.15) is 6.92 Å². The largest absolute Gasteiger partial charge is 0.394 e. The van der Waals surface area contributed by atoms with Gasteiger partial charge in [-0.3, -0.25) is 0 Å². The number of aliphatic hydroxyl groups is 3. The highest BCUT2D eigenvalue weighted by molar-refractivity contribution is 4.91. The number of methoxy groups -OCH3 is 1. The molecule has 5 atom stereocenters. The highest BCUT2D eigenvalue weighted by atomic mass is 16.6. The average Bonchev–Trinajstić information content (AvgIpc) is 2.13. The maximum Gasteiger partial charge on any atom is 0.114 e. The van der Waals surface area contributed by atoms with Crippen LogP contribution < -0.4 is 0 Å². The summed E-state index contributed by atoms with van der Waals surface area (Å²) in [5, 5.41) is 27.9. The van der Waals surface area contributed by atoms with E-state index in [0.717, 1.165) is 0 Å². The van der Waals surface area contributed by atoms with Crippen LogP contribution >= 0.6 is 0 Å². The van der Waals surface area contributed by atoms with Crippen molar-refractivity contribution < 1.29 is 24.8 Å². The van der Waals surface area contributed by atoms with Crippen LogP contribution in [0.2, 0.25) is 0 Å². The zero-order valence-electron chi connectivity index (χ0n) is 7.75. The van der Waals surface area contributed by atoms with Gasteiger partial charge in [0.2, 0.25) is 0 Å². The van der Waals surface area contributed by atoms with Crippen molar-refractivity contribution in [3.05, 3.63) is 0 Å². The molecule has 0 bridgehead atoms. The molecule has 5 nitrogen and oxygen atoms in total. The molecule has 0 saturated carbocycles. The van der Waals surface area contributed by atoms with E-state index in [4.69, 9.17) is 14.6 Å². The molecule has 1 fully saturated rings. The highest BCUT2D eigenvalue weighted by Gasteiger charge is 2.42. The summed E-state index contributed by atoms with van der Waals surface area (Å²) >= 11 is 0. The lowest BCUT2D eigenvalue weighted by molar-refractivity contribution is -0.231. The summed E-state index contributed by atoms with van der Waals surface area (Å²) in [6, 6.07) is 0. The Labute approximate surface area is 76.9 Å². The van der Waals surface area contributed by atoms with Crippen molar-refractivity contribution in [2.45, 2.75) is 37.4 Å². The van der Waals surface area contributed by atoms with Gasteiger partial charge in [0.15, 0.2) is 0 Å². The van der Waals surface area contributed by atoms with Crippen molar-refractivity contribution >= 4 is 0 Å². The standard InChI is InChI=1S/C8H16O5/c1-4-6(10)7(11)8(12-2)5(3-9)13-4/h4-11H,3H2,1-2H3. The van der Waals surface area contributed by atoms with Gasteiger partial charge in [-0.15, -0.1) is 0 Å². The van der Waals surface area contributed by atoms with E-state index in [1.807, 2.05) is 0 Å². The maximum atomic E-state index is 9.54. The SMILES string of the molecule is COC1C(CO)OC(C)C(O)C1O. The Balaban J connectivity index is 2.69. The van der Waals surface area contributed by atoms with E-state index in [0.29, 0.717) is 0 Å². The van der Waals surface area contributed by atoms with Crippen LogP contribution in [0.25, 0.3) is 0 Å². The smallest absolute Gasteiger partial charge is 0.114 e. The van der Waals surface area contributed by atoms with Crippen molar-refractivity contribution in [2.75, 3.05) is 13.7 Å². The summed E-state index contributed by atoms with van der Waals surface area (Å²) in [5.74, 6) is 0. The molecule has 0 aromatic carbocycles. The van der Waals surface area contributed by atoms with Crippen molar-refractivity contribution in [1.82, 2.24) is 0 Å². The molecule has 1 aliphatic rings. The Morgan fingerprint density at radius 1 is 1.31 bits per heavy atom. The monoisotopic (exact) mass is 192 g/mol. The van der Waals surface area contributed by atoms with E-state index in [1.54, 1.807) is 6.92 Å². The average molecular weight is 192 g/mol. The van der Waals surface area contributed by atoms with Crippen LogP contribution in [-0.4, -0.2) is 59.6 Å². The van der Waals surface area contributed by atoms with Gasteiger partial charge in [0, 0.05) is 7.11 Å². The van der Waals surface area contributed by atoms with E-state index < -0.39 is 30.5 Å². The van der Waals surface area contributed by atoms with Crippen LogP contribution in [-0.2, 0) is 9.47 Å². The van der Waals surface area contributed by atoms with E-state index >= 15 is 0 Å². The minimum Gasteiger partial charge on any atom is -0.394 e. The second kappa shape index (κ2) is 4.34. The van der Waals surface area contributed by atoms with Gasteiger partial charge in [0.25, 0.3) is 0 Å². The molecule has 5 heteroatoms. The first kappa shape index (κ1) is 10.9. The zero-order valence-corrected chi connectivity index (χ0v) is 7.75. The lowest BCUT2D eigenvalue weighted by Gasteiger charge is -2.40. The minimum atomic E-state index is -1.01. The molecular formula is C8H16O5. The van der Waals surface area contributed by atoms with Crippen LogP contribution in [0.4, 0.5) is 0 Å². The summed E-state index contributed by atoms with van der Waals surface area (Å²) in [6.07, 6.45) is -3.70. The molecule has 0 amide bonds. The van der Waals surface area contributed by atoms with Crippen molar-refractivity contribution in [3.8, 4) is 0 Å². The molecule has 0 aliphatic carbocycles. The molecule has 1 aliphatic heterocycles. The lowest BCUT2D eigenvalue weighted by atomic mass is 9.96. The van der Waals surface area contributed by atoms with Crippen molar-refractivity contribution in [1.29, 1.82) is 0 Å². The van der Waals surface area contributed by atoms with Crippen molar-refractivity contribution in [2.24, 2.45) is 0 Å². The second-order valence-electron chi connectivity index (χ2n) is 3.24. The molecule has 3 N–H and O–H groups in total. The fraction of sp³-hybridized carbons (Fsp3) is 1.00. The number of hydrogen-bond acceptors (Lipinski definition) is 5. The predicted octanol–water partition coefficient (Wildman–Crippen LogP) is -1.50. The van der Waals surface area contributed by atoms with Gasteiger partial charge in [-0.05, 0) is 6.92 Å². The molecule has 1 heterocycles. The fourth-order valence-corrected chi connectivity index (χ4v) is 1.56. The topological polar surface area (TPSA) is 79.2 Å². The minimum absolute atomic E-state index is 0.230. The molecule has 0 aromatic rings. The first-order valence-electron chi connectivity index (χ1n) is 4.27. The third-order valence-corrected chi connectivity index (χ3v) is 2.38. The number of ether oxygens (including phenoxy) is 2. The van der Waals surface area contributed by atoms with E-state index in [1.165, 1.54) is 7.11 Å². The second-order valence-corrected chi connectivity index (χ2v) is 3.24.